The smallest absolute Gasteiger partial charge is 0.0691 e. The van der Waals surface area contributed by atoms with E-state index in [1.54, 1.807) is 0 Å². The fraction of sp³-hybridized carbons (Fsp3) is 0.538. The predicted molar refractivity (Wildman–Crippen MR) is 59.9 cm³/mol. The van der Waals surface area contributed by atoms with Gasteiger partial charge in [-0.05, 0) is 30.4 Å². The molecule has 2 nitrogen and oxygen atoms in total. The Morgan fingerprint density at radius 3 is 3.07 bits per heavy atom. The first-order valence-electron chi connectivity index (χ1n) is 5.82. The van der Waals surface area contributed by atoms with Crippen molar-refractivity contribution < 1.29 is 4.74 Å². The van der Waals surface area contributed by atoms with Crippen LogP contribution in [-0.2, 0) is 16.7 Å². The van der Waals surface area contributed by atoms with E-state index in [0.717, 1.165) is 19.8 Å². The van der Waals surface area contributed by atoms with E-state index < -0.39 is 0 Å². The summed E-state index contributed by atoms with van der Waals surface area (Å²) in [6.45, 7) is 2.67. The Bertz CT molecular complexity index is 355. The lowest BCUT2D eigenvalue weighted by molar-refractivity contribution is 0.0169. The zero-order valence-electron chi connectivity index (χ0n) is 8.96. The van der Waals surface area contributed by atoms with E-state index in [1.165, 1.54) is 30.4 Å². The number of morpholine rings is 1. The minimum Gasteiger partial charge on any atom is -0.378 e. The maximum Gasteiger partial charge on any atom is 0.0691 e. The highest BCUT2D eigenvalue weighted by molar-refractivity contribution is 5.36. The van der Waals surface area contributed by atoms with Crippen molar-refractivity contribution >= 4 is 0 Å². The van der Waals surface area contributed by atoms with Crippen molar-refractivity contribution in [2.75, 3.05) is 19.8 Å². The van der Waals surface area contributed by atoms with Gasteiger partial charge >= 0.3 is 0 Å². The van der Waals surface area contributed by atoms with E-state index in [4.69, 9.17) is 4.74 Å². The largest absolute Gasteiger partial charge is 0.378 e. The van der Waals surface area contributed by atoms with Crippen LogP contribution in [0.2, 0.25) is 0 Å². The van der Waals surface area contributed by atoms with E-state index in [-0.39, 0.29) is 5.54 Å². The summed E-state index contributed by atoms with van der Waals surface area (Å²) < 4.78 is 5.66. The summed E-state index contributed by atoms with van der Waals surface area (Å²) in [5.74, 6) is 0. The maximum absolute atomic E-state index is 5.66. The summed E-state index contributed by atoms with van der Waals surface area (Å²) in [5.41, 5.74) is 3.09. The van der Waals surface area contributed by atoms with Crippen LogP contribution in [0.4, 0.5) is 0 Å². The molecule has 15 heavy (non-hydrogen) atoms. The molecule has 1 aromatic rings. The second-order valence-corrected chi connectivity index (χ2v) is 4.57. The van der Waals surface area contributed by atoms with Crippen LogP contribution in [0.3, 0.4) is 0 Å². The third-order valence-electron chi connectivity index (χ3n) is 3.64. The van der Waals surface area contributed by atoms with Gasteiger partial charge in [0.25, 0.3) is 0 Å². The Morgan fingerprint density at radius 1 is 1.27 bits per heavy atom. The van der Waals surface area contributed by atoms with Crippen LogP contribution in [0.15, 0.2) is 24.3 Å². The molecule has 1 saturated heterocycles. The number of benzene rings is 1. The quantitative estimate of drug-likeness (QED) is 0.694. The van der Waals surface area contributed by atoms with Gasteiger partial charge in [-0.25, -0.2) is 0 Å². The van der Waals surface area contributed by atoms with E-state index in [1.807, 2.05) is 0 Å². The van der Waals surface area contributed by atoms with Crippen LogP contribution in [0.25, 0.3) is 0 Å². The van der Waals surface area contributed by atoms with Crippen LogP contribution in [0.5, 0.6) is 0 Å². The zero-order valence-corrected chi connectivity index (χ0v) is 8.96. The third-order valence-corrected chi connectivity index (χ3v) is 3.64. The van der Waals surface area contributed by atoms with Crippen molar-refractivity contribution in [1.29, 1.82) is 0 Å². The fourth-order valence-corrected chi connectivity index (χ4v) is 2.91. The van der Waals surface area contributed by atoms with Gasteiger partial charge in [-0.2, -0.15) is 0 Å². The molecular formula is C13H17NO. The minimum atomic E-state index is 0.118. The molecule has 1 heterocycles. The first-order chi connectivity index (χ1) is 7.41. The number of hydrogen-bond acceptors (Lipinski definition) is 2. The average Bonchev–Trinajstić information content (AvgIpc) is 2.31. The van der Waals surface area contributed by atoms with Crippen LogP contribution >= 0.6 is 0 Å². The van der Waals surface area contributed by atoms with E-state index in [9.17, 15) is 0 Å². The molecule has 1 aliphatic heterocycles. The molecule has 2 heteroatoms. The van der Waals surface area contributed by atoms with Gasteiger partial charge in [-0.15, -0.1) is 0 Å². The third kappa shape index (κ3) is 1.48. The fourth-order valence-electron chi connectivity index (χ4n) is 2.91. The Morgan fingerprint density at radius 2 is 2.20 bits per heavy atom. The highest BCUT2D eigenvalue weighted by Gasteiger charge is 2.37. The molecular weight excluding hydrogens is 186 g/mol. The number of rotatable bonds is 0. The van der Waals surface area contributed by atoms with Gasteiger partial charge in [0.1, 0.15) is 0 Å². The van der Waals surface area contributed by atoms with Gasteiger partial charge in [-0.1, -0.05) is 24.3 Å². The summed E-state index contributed by atoms with van der Waals surface area (Å²) in [7, 11) is 0. The van der Waals surface area contributed by atoms with Crippen LogP contribution in [0.1, 0.15) is 24.0 Å². The molecule has 0 saturated carbocycles. The molecule has 2 aliphatic rings. The summed E-state index contributed by atoms with van der Waals surface area (Å²) in [4.78, 5) is 0. The molecule has 0 bridgehead atoms. The lowest BCUT2D eigenvalue weighted by Gasteiger charge is -2.42. The molecule has 0 amide bonds. The molecule has 1 atom stereocenters. The lowest BCUT2D eigenvalue weighted by atomic mass is 9.76. The number of fused-ring (bicyclic) bond motifs is 2. The Hall–Kier alpha value is -0.860. The van der Waals surface area contributed by atoms with Gasteiger partial charge in [0.05, 0.1) is 18.8 Å². The van der Waals surface area contributed by atoms with Crippen LogP contribution < -0.4 is 5.32 Å². The second-order valence-electron chi connectivity index (χ2n) is 4.57. The van der Waals surface area contributed by atoms with Crippen LogP contribution in [0, 0.1) is 0 Å². The van der Waals surface area contributed by atoms with Gasteiger partial charge in [0.15, 0.2) is 0 Å². The predicted octanol–water partition coefficient (Wildman–Crippen LogP) is 1.84. The number of hydrogen-bond donors (Lipinski definition) is 1. The molecule has 3 rings (SSSR count). The van der Waals surface area contributed by atoms with Gasteiger partial charge in [-0.3, -0.25) is 0 Å². The molecule has 0 aromatic heterocycles. The van der Waals surface area contributed by atoms with Crippen molar-refractivity contribution in [3.63, 3.8) is 0 Å². The van der Waals surface area contributed by atoms with E-state index in [2.05, 4.69) is 29.6 Å². The Kier molecular flexibility index (Phi) is 2.26. The maximum atomic E-state index is 5.66. The monoisotopic (exact) mass is 203 g/mol. The standard InChI is InChI=1S/C13H17NO/c1-2-6-12-11(4-1)5-3-7-13(12)10-15-9-8-14-13/h1-2,4,6,14H,3,5,7-10H2/t13-/m1/s1. The highest BCUT2D eigenvalue weighted by Crippen LogP contribution is 2.36. The van der Waals surface area contributed by atoms with E-state index in [0.29, 0.717) is 0 Å². The molecule has 80 valence electrons. The molecule has 1 fully saturated rings. The first-order valence-corrected chi connectivity index (χ1v) is 5.82. The summed E-state index contributed by atoms with van der Waals surface area (Å²) in [6.07, 6.45) is 3.71. The van der Waals surface area contributed by atoms with Gasteiger partial charge in [0.2, 0.25) is 0 Å². The lowest BCUT2D eigenvalue weighted by Crippen LogP contribution is -2.53. The molecule has 1 N–H and O–H groups in total. The summed E-state index contributed by atoms with van der Waals surface area (Å²) in [5, 5.41) is 3.67. The molecule has 1 aromatic carbocycles. The molecule has 0 unspecified atom stereocenters. The Balaban J connectivity index is 2.04. The Labute approximate surface area is 90.6 Å². The minimum absolute atomic E-state index is 0.118. The van der Waals surface area contributed by atoms with Crippen molar-refractivity contribution in [2.45, 2.75) is 24.8 Å². The highest BCUT2D eigenvalue weighted by atomic mass is 16.5. The second kappa shape index (κ2) is 3.62. The van der Waals surface area contributed by atoms with Gasteiger partial charge in [0, 0.05) is 6.54 Å². The number of aryl methyl sites for hydroxylation is 1. The van der Waals surface area contributed by atoms with Crippen molar-refractivity contribution in [1.82, 2.24) is 5.32 Å². The average molecular weight is 203 g/mol. The SMILES string of the molecule is c1ccc2c(c1)CCC[C@@]21COCCN1. The number of ether oxygens (including phenoxy) is 1. The van der Waals surface area contributed by atoms with Crippen molar-refractivity contribution in [3.8, 4) is 0 Å². The summed E-state index contributed by atoms with van der Waals surface area (Å²) >= 11 is 0. The topological polar surface area (TPSA) is 21.3 Å². The van der Waals surface area contributed by atoms with Crippen molar-refractivity contribution in [3.05, 3.63) is 35.4 Å². The number of nitrogens with one attached hydrogen (secondary N) is 1. The molecule has 0 radical (unpaired) electrons. The first kappa shape index (κ1) is 9.37. The van der Waals surface area contributed by atoms with E-state index >= 15 is 0 Å². The van der Waals surface area contributed by atoms with Crippen molar-refractivity contribution in [2.24, 2.45) is 0 Å². The van der Waals surface area contributed by atoms with Crippen LogP contribution in [-0.4, -0.2) is 19.8 Å². The molecule has 1 spiro atoms. The molecule has 1 aliphatic carbocycles. The van der Waals surface area contributed by atoms with Gasteiger partial charge < -0.3 is 10.1 Å². The normalized spacial score (nSPS) is 30.1. The zero-order chi connectivity index (χ0) is 10.1. The summed E-state index contributed by atoms with van der Waals surface area (Å²) in [6, 6.07) is 8.80.